The lowest BCUT2D eigenvalue weighted by molar-refractivity contribution is 0.441. The molecule has 1 aliphatic carbocycles. The Morgan fingerprint density at radius 2 is 1.24 bits per heavy atom. The maximum Gasteiger partial charge on any atom is 0.0652 e. The number of nitrogens with zero attached hydrogens (tertiary/aromatic N) is 2. The summed E-state index contributed by atoms with van der Waals surface area (Å²) in [5.41, 5.74) is 15.9. The molecule has 8 rings (SSSR count). The Balaban J connectivity index is 1.47. The van der Waals surface area contributed by atoms with E-state index in [0.29, 0.717) is 6.54 Å². The summed E-state index contributed by atoms with van der Waals surface area (Å²) in [5.74, 6) is 0. The number of fused-ring (bicyclic) bond motifs is 6. The molecule has 1 aliphatic rings. The standard InChI is InChI=1S/C38H31N3/c1-38(23-26(25-39)20-28(24-38)27-12-4-2-5-13-27)41-35-19-11-9-17-31(35)33-21-32-30-16-8-10-18-34(30)40(36(32)22-37(33)41)29-14-6-3-7-15-29/h2-23H,24-25,39H2,1H3. The van der Waals surface area contributed by atoms with Crippen molar-refractivity contribution in [3.63, 3.8) is 0 Å². The van der Waals surface area contributed by atoms with Gasteiger partial charge in [0.25, 0.3) is 0 Å². The van der Waals surface area contributed by atoms with E-state index in [9.17, 15) is 0 Å². The molecule has 2 N–H and O–H groups in total. The van der Waals surface area contributed by atoms with Gasteiger partial charge in [0.15, 0.2) is 0 Å². The van der Waals surface area contributed by atoms with Gasteiger partial charge in [0.1, 0.15) is 0 Å². The third-order valence-corrected chi connectivity index (χ3v) is 8.78. The summed E-state index contributed by atoms with van der Waals surface area (Å²) in [5, 5.41) is 5.11. The fourth-order valence-corrected chi connectivity index (χ4v) is 7.09. The molecule has 198 valence electrons. The third-order valence-electron chi connectivity index (χ3n) is 8.78. The zero-order valence-corrected chi connectivity index (χ0v) is 23.1. The molecule has 0 aliphatic heterocycles. The van der Waals surface area contributed by atoms with E-state index >= 15 is 0 Å². The van der Waals surface area contributed by atoms with Gasteiger partial charge < -0.3 is 14.9 Å². The summed E-state index contributed by atoms with van der Waals surface area (Å²) < 4.78 is 4.97. The third kappa shape index (κ3) is 3.63. The maximum atomic E-state index is 6.32. The first-order valence-electron chi connectivity index (χ1n) is 14.3. The normalized spacial score (nSPS) is 17.4. The summed E-state index contributed by atoms with van der Waals surface area (Å²) in [6.45, 7) is 2.87. The van der Waals surface area contributed by atoms with Crippen molar-refractivity contribution in [1.82, 2.24) is 9.13 Å². The van der Waals surface area contributed by atoms with Crippen LogP contribution in [0.15, 0.2) is 139 Å². The molecular formula is C38H31N3. The average Bonchev–Trinajstić information content (AvgIpc) is 3.53. The van der Waals surface area contributed by atoms with Crippen molar-refractivity contribution in [2.45, 2.75) is 18.9 Å². The van der Waals surface area contributed by atoms with Crippen molar-refractivity contribution >= 4 is 49.2 Å². The van der Waals surface area contributed by atoms with Gasteiger partial charge in [0.2, 0.25) is 0 Å². The molecule has 0 saturated carbocycles. The molecule has 0 amide bonds. The minimum atomic E-state index is -0.298. The molecular weight excluding hydrogens is 498 g/mol. The summed E-state index contributed by atoms with van der Waals surface area (Å²) >= 11 is 0. The van der Waals surface area contributed by atoms with Crippen molar-refractivity contribution in [2.75, 3.05) is 6.54 Å². The number of para-hydroxylation sites is 3. The predicted molar refractivity (Wildman–Crippen MR) is 174 cm³/mol. The number of allylic oxidation sites excluding steroid dienone is 2. The van der Waals surface area contributed by atoms with Crippen LogP contribution in [0, 0.1) is 0 Å². The Bertz CT molecular complexity index is 2160. The molecule has 0 spiro atoms. The highest BCUT2D eigenvalue weighted by Gasteiger charge is 2.32. The Labute approximate surface area is 239 Å². The molecule has 7 aromatic rings. The molecule has 0 radical (unpaired) electrons. The fraction of sp³-hybridized carbons (Fsp3) is 0.105. The average molecular weight is 530 g/mol. The number of hydrogen-bond acceptors (Lipinski definition) is 1. The van der Waals surface area contributed by atoms with E-state index in [4.69, 9.17) is 5.73 Å². The first-order valence-corrected chi connectivity index (χ1v) is 14.3. The highest BCUT2D eigenvalue weighted by atomic mass is 15.1. The summed E-state index contributed by atoms with van der Waals surface area (Å²) in [4.78, 5) is 0. The molecule has 5 aromatic carbocycles. The molecule has 3 nitrogen and oxygen atoms in total. The smallest absolute Gasteiger partial charge is 0.0652 e. The molecule has 1 unspecified atom stereocenters. The van der Waals surface area contributed by atoms with E-state index in [-0.39, 0.29) is 5.54 Å². The van der Waals surface area contributed by atoms with E-state index < -0.39 is 0 Å². The Morgan fingerprint density at radius 1 is 0.634 bits per heavy atom. The number of benzene rings is 5. The maximum absolute atomic E-state index is 6.32. The number of aromatic nitrogens is 2. The summed E-state index contributed by atoms with van der Waals surface area (Å²) in [7, 11) is 0. The zero-order valence-electron chi connectivity index (χ0n) is 23.1. The molecule has 0 saturated heterocycles. The van der Waals surface area contributed by atoms with Crippen LogP contribution < -0.4 is 5.73 Å². The van der Waals surface area contributed by atoms with Crippen LogP contribution in [0.3, 0.4) is 0 Å². The van der Waals surface area contributed by atoms with Crippen LogP contribution in [-0.4, -0.2) is 15.7 Å². The van der Waals surface area contributed by atoms with Gasteiger partial charge in [-0.25, -0.2) is 0 Å². The highest BCUT2D eigenvalue weighted by Crippen LogP contribution is 2.45. The Morgan fingerprint density at radius 3 is 1.98 bits per heavy atom. The van der Waals surface area contributed by atoms with Gasteiger partial charge >= 0.3 is 0 Å². The van der Waals surface area contributed by atoms with Crippen LogP contribution in [0.2, 0.25) is 0 Å². The van der Waals surface area contributed by atoms with Crippen LogP contribution >= 0.6 is 0 Å². The van der Waals surface area contributed by atoms with E-state index in [1.807, 2.05) is 0 Å². The molecule has 3 heteroatoms. The molecule has 0 fully saturated rings. The van der Waals surface area contributed by atoms with Gasteiger partial charge in [0.05, 0.1) is 22.1 Å². The van der Waals surface area contributed by atoms with Crippen molar-refractivity contribution in [3.8, 4) is 5.69 Å². The second-order valence-electron chi connectivity index (χ2n) is 11.4. The van der Waals surface area contributed by atoms with Crippen molar-refractivity contribution in [3.05, 3.63) is 145 Å². The van der Waals surface area contributed by atoms with Crippen LogP contribution in [0.4, 0.5) is 0 Å². The van der Waals surface area contributed by atoms with Crippen LogP contribution in [0.1, 0.15) is 18.9 Å². The first kappa shape index (κ1) is 24.0. The Kier molecular flexibility index (Phi) is 5.31. The first-order chi connectivity index (χ1) is 20.1. The second kappa shape index (κ2) is 9.09. The fourth-order valence-electron chi connectivity index (χ4n) is 7.09. The van der Waals surface area contributed by atoms with Crippen molar-refractivity contribution in [2.24, 2.45) is 5.73 Å². The molecule has 41 heavy (non-hydrogen) atoms. The molecule has 1 atom stereocenters. The monoisotopic (exact) mass is 529 g/mol. The lowest BCUT2D eigenvalue weighted by Crippen LogP contribution is -2.31. The number of nitrogens with two attached hydrogens (primary N) is 1. The highest BCUT2D eigenvalue weighted by molar-refractivity contribution is 6.18. The number of rotatable bonds is 4. The SMILES string of the molecule is CC1(n2c3ccccc3c3cc4c5ccccc5n(-c5ccccc5)c4cc32)C=C(CN)C=C(c2ccccc2)C1. The lowest BCUT2D eigenvalue weighted by atomic mass is 9.81. The summed E-state index contributed by atoms with van der Waals surface area (Å²) in [6.07, 6.45) is 5.56. The topological polar surface area (TPSA) is 35.9 Å². The lowest BCUT2D eigenvalue weighted by Gasteiger charge is -2.35. The minimum Gasteiger partial charge on any atom is -0.331 e. The van der Waals surface area contributed by atoms with E-state index in [0.717, 1.165) is 6.42 Å². The molecule has 2 heterocycles. The van der Waals surface area contributed by atoms with Crippen molar-refractivity contribution < 1.29 is 0 Å². The summed E-state index contributed by atoms with van der Waals surface area (Å²) in [6, 6.07) is 43.9. The van der Waals surface area contributed by atoms with Crippen LogP contribution in [0.25, 0.3) is 54.9 Å². The largest absolute Gasteiger partial charge is 0.331 e. The van der Waals surface area contributed by atoms with Gasteiger partial charge in [-0.1, -0.05) is 97.1 Å². The zero-order chi connectivity index (χ0) is 27.6. The van der Waals surface area contributed by atoms with Gasteiger partial charge in [-0.2, -0.15) is 0 Å². The van der Waals surface area contributed by atoms with Crippen molar-refractivity contribution in [1.29, 1.82) is 0 Å². The van der Waals surface area contributed by atoms with Gasteiger partial charge in [0, 0.05) is 39.3 Å². The van der Waals surface area contributed by atoms with Crippen LogP contribution in [0.5, 0.6) is 0 Å². The van der Waals surface area contributed by atoms with Gasteiger partial charge in [-0.05, 0) is 66.5 Å². The predicted octanol–water partition coefficient (Wildman–Crippen LogP) is 8.98. The number of hydrogen-bond donors (Lipinski definition) is 1. The van der Waals surface area contributed by atoms with E-state index in [1.54, 1.807) is 0 Å². The second-order valence-corrected chi connectivity index (χ2v) is 11.4. The quantitative estimate of drug-likeness (QED) is 0.243. The molecule has 2 aromatic heterocycles. The molecule has 0 bridgehead atoms. The van der Waals surface area contributed by atoms with Gasteiger partial charge in [-0.3, -0.25) is 0 Å². The van der Waals surface area contributed by atoms with Crippen LogP contribution in [-0.2, 0) is 5.54 Å². The van der Waals surface area contributed by atoms with E-state index in [2.05, 4.69) is 150 Å². The van der Waals surface area contributed by atoms with E-state index in [1.165, 1.54) is 66.0 Å². The Hall–Kier alpha value is -4.86. The minimum absolute atomic E-state index is 0.298. The van der Waals surface area contributed by atoms with Gasteiger partial charge in [-0.15, -0.1) is 0 Å².